The molecule has 2 unspecified atom stereocenters. The number of hydrogen-bond acceptors (Lipinski definition) is 1. The SMILES string of the molecule is Cc1ccc(C(F)C2CCCCN2)cc1C. The minimum Gasteiger partial charge on any atom is -0.311 e. The molecular formula is C14H20FN. The number of piperidine rings is 1. The molecule has 0 bridgehead atoms. The molecule has 1 nitrogen and oxygen atoms in total. The molecule has 0 aliphatic carbocycles. The van der Waals surface area contributed by atoms with Gasteiger partial charge in [0.25, 0.3) is 0 Å². The van der Waals surface area contributed by atoms with Gasteiger partial charge in [-0.2, -0.15) is 0 Å². The average molecular weight is 221 g/mol. The van der Waals surface area contributed by atoms with Gasteiger partial charge in [-0.1, -0.05) is 24.6 Å². The molecule has 0 radical (unpaired) electrons. The van der Waals surface area contributed by atoms with Crippen LogP contribution in [0.4, 0.5) is 4.39 Å². The van der Waals surface area contributed by atoms with Crippen molar-refractivity contribution in [2.24, 2.45) is 0 Å². The van der Waals surface area contributed by atoms with E-state index in [1.54, 1.807) is 0 Å². The van der Waals surface area contributed by atoms with Crippen LogP contribution < -0.4 is 5.32 Å². The summed E-state index contributed by atoms with van der Waals surface area (Å²) >= 11 is 0. The molecule has 0 aromatic heterocycles. The van der Waals surface area contributed by atoms with Gasteiger partial charge in [-0.25, -0.2) is 4.39 Å². The van der Waals surface area contributed by atoms with Crippen molar-refractivity contribution in [1.29, 1.82) is 0 Å². The molecule has 2 atom stereocenters. The van der Waals surface area contributed by atoms with Gasteiger partial charge in [0.1, 0.15) is 6.17 Å². The van der Waals surface area contributed by atoms with Gasteiger partial charge in [0, 0.05) is 6.04 Å². The molecule has 1 aliphatic rings. The second kappa shape index (κ2) is 4.96. The van der Waals surface area contributed by atoms with Gasteiger partial charge >= 0.3 is 0 Å². The summed E-state index contributed by atoms with van der Waals surface area (Å²) < 4.78 is 14.3. The van der Waals surface area contributed by atoms with Crippen LogP contribution in [0.2, 0.25) is 0 Å². The van der Waals surface area contributed by atoms with Crippen LogP contribution >= 0.6 is 0 Å². The van der Waals surface area contributed by atoms with Crippen LogP contribution in [0, 0.1) is 13.8 Å². The van der Waals surface area contributed by atoms with Gasteiger partial charge in [0.05, 0.1) is 0 Å². The van der Waals surface area contributed by atoms with Crippen molar-refractivity contribution in [2.75, 3.05) is 6.54 Å². The standard InChI is InChI=1S/C14H20FN/c1-10-6-7-12(9-11(10)2)14(15)13-5-3-4-8-16-13/h6-7,9,13-14,16H,3-5,8H2,1-2H3. The van der Waals surface area contributed by atoms with E-state index in [1.807, 2.05) is 25.1 Å². The summed E-state index contributed by atoms with van der Waals surface area (Å²) in [6, 6.07) is 5.93. The Hall–Kier alpha value is -0.890. The Morgan fingerprint density at radius 1 is 1.25 bits per heavy atom. The first kappa shape index (κ1) is 11.6. The quantitative estimate of drug-likeness (QED) is 0.806. The zero-order valence-corrected chi connectivity index (χ0v) is 10.1. The van der Waals surface area contributed by atoms with E-state index in [9.17, 15) is 4.39 Å². The van der Waals surface area contributed by atoms with Crippen LogP contribution in [0.1, 0.15) is 42.1 Å². The van der Waals surface area contributed by atoms with Crippen LogP contribution in [0.5, 0.6) is 0 Å². The van der Waals surface area contributed by atoms with Crippen molar-refractivity contribution >= 4 is 0 Å². The third kappa shape index (κ3) is 2.43. The molecule has 1 aliphatic heterocycles. The van der Waals surface area contributed by atoms with Gasteiger partial charge in [-0.3, -0.25) is 0 Å². The van der Waals surface area contributed by atoms with E-state index in [1.165, 1.54) is 17.5 Å². The summed E-state index contributed by atoms with van der Waals surface area (Å²) in [5.41, 5.74) is 3.23. The predicted molar refractivity (Wildman–Crippen MR) is 65.4 cm³/mol. The van der Waals surface area contributed by atoms with Crippen molar-refractivity contribution in [3.8, 4) is 0 Å². The van der Waals surface area contributed by atoms with Crippen molar-refractivity contribution < 1.29 is 4.39 Å². The Morgan fingerprint density at radius 2 is 2.06 bits per heavy atom. The molecule has 2 heteroatoms. The first-order valence-corrected chi connectivity index (χ1v) is 6.13. The minimum absolute atomic E-state index is 0.0101. The fourth-order valence-corrected chi connectivity index (χ4v) is 2.30. The topological polar surface area (TPSA) is 12.0 Å². The Labute approximate surface area is 97.1 Å². The number of rotatable bonds is 2. The number of alkyl halides is 1. The van der Waals surface area contributed by atoms with Crippen molar-refractivity contribution in [3.63, 3.8) is 0 Å². The smallest absolute Gasteiger partial charge is 0.140 e. The maximum absolute atomic E-state index is 14.3. The van der Waals surface area contributed by atoms with Crippen molar-refractivity contribution in [1.82, 2.24) is 5.32 Å². The summed E-state index contributed by atoms with van der Waals surface area (Å²) in [7, 11) is 0. The Balaban J connectivity index is 2.12. The summed E-state index contributed by atoms with van der Waals surface area (Å²) in [5.74, 6) is 0. The molecule has 1 aromatic carbocycles. The summed E-state index contributed by atoms with van der Waals surface area (Å²) in [6.45, 7) is 5.06. The number of nitrogens with one attached hydrogen (secondary N) is 1. The summed E-state index contributed by atoms with van der Waals surface area (Å²) in [5, 5.41) is 3.28. The number of hydrogen-bond donors (Lipinski definition) is 1. The van der Waals surface area contributed by atoms with E-state index >= 15 is 0 Å². The molecule has 1 heterocycles. The predicted octanol–water partition coefficient (Wildman–Crippen LogP) is 3.46. The maximum Gasteiger partial charge on any atom is 0.140 e. The largest absolute Gasteiger partial charge is 0.311 e. The Kier molecular flexibility index (Phi) is 3.59. The maximum atomic E-state index is 14.3. The number of halogens is 1. The van der Waals surface area contributed by atoms with Crippen LogP contribution in [0.15, 0.2) is 18.2 Å². The Morgan fingerprint density at radius 3 is 2.69 bits per heavy atom. The number of benzene rings is 1. The molecule has 2 rings (SSSR count). The second-order valence-corrected chi connectivity index (χ2v) is 4.80. The van der Waals surface area contributed by atoms with Crippen LogP contribution in [-0.2, 0) is 0 Å². The molecule has 1 saturated heterocycles. The molecular weight excluding hydrogens is 201 g/mol. The van der Waals surface area contributed by atoms with E-state index in [4.69, 9.17) is 0 Å². The highest BCUT2D eigenvalue weighted by Gasteiger charge is 2.24. The molecule has 1 aromatic rings. The first-order valence-electron chi connectivity index (χ1n) is 6.13. The van der Waals surface area contributed by atoms with Crippen molar-refractivity contribution in [2.45, 2.75) is 45.3 Å². The third-order valence-electron chi connectivity index (χ3n) is 3.55. The second-order valence-electron chi connectivity index (χ2n) is 4.80. The third-order valence-corrected chi connectivity index (χ3v) is 3.55. The fraction of sp³-hybridized carbons (Fsp3) is 0.571. The highest BCUT2D eigenvalue weighted by Crippen LogP contribution is 2.27. The van der Waals surface area contributed by atoms with E-state index in [2.05, 4.69) is 12.2 Å². The van der Waals surface area contributed by atoms with Crippen LogP contribution in [-0.4, -0.2) is 12.6 Å². The summed E-state index contributed by atoms with van der Waals surface area (Å²) in [4.78, 5) is 0. The molecule has 0 spiro atoms. The molecule has 0 amide bonds. The molecule has 0 saturated carbocycles. The molecule has 1 fully saturated rings. The minimum atomic E-state index is -0.861. The van der Waals surface area contributed by atoms with E-state index < -0.39 is 6.17 Å². The zero-order chi connectivity index (χ0) is 11.5. The monoisotopic (exact) mass is 221 g/mol. The average Bonchev–Trinajstić information content (AvgIpc) is 2.33. The lowest BCUT2D eigenvalue weighted by atomic mass is 9.94. The van der Waals surface area contributed by atoms with Gasteiger partial charge in [0.15, 0.2) is 0 Å². The lowest BCUT2D eigenvalue weighted by molar-refractivity contribution is 0.221. The molecule has 1 N–H and O–H groups in total. The number of aryl methyl sites for hydroxylation is 2. The molecule has 88 valence electrons. The fourth-order valence-electron chi connectivity index (χ4n) is 2.30. The zero-order valence-electron chi connectivity index (χ0n) is 10.1. The first-order chi connectivity index (χ1) is 7.68. The van der Waals surface area contributed by atoms with E-state index in [0.717, 1.165) is 24.9 Å². The normalized spacial score (nSPS) is 23.1. The lowest BCUT2D eigenvalue weighted by Crippen LogP contribution is -2.37. The van der Waals surface area contributed by atoms with Crippen molar-refractivity contribution in [3.05, 3.63) is 34.9 Å². The Bertz CT molecular complexity index is 356. The van der Waals surface area contributed by atoms with E-state index in [0.29, 0.717) is 0 Å². The highest BCUT2D eigenvalue weighted by atomic mass is 19.1. The van der Waals surface area contributed by atoms with Gasteiger partial charge in [0.2, 0.25) is 0 Å². The van der Waals surface area contributed by atoms with E-state index in [-0.39, 0.29) is 6.04 Å². The summed E-state index contributed by atoms with van der Waals surface area (Å²) in [6.07, 6.45) is 2.41. The van der Waals surface area contributed by atoms with Gasteiger partial charge in [-0.15, -0.1) is 0 Å². The van der Waals surface area contributed by atoms with Gasteiger partial charge in [-0.05, 0) is 49.9 Å². The van der Waals surface area contributed by atoms with Gasteiger partial charge < -0.3 is 5.32 Å². The molecule has 16 heavy (non-hydrogen) atoms. The van der Waals surface area contributed by atoms with Crippen LogP contribution in [0.25, 0.3) is 0 Å². The highest BCUT2D eigenvalue weighted by molar-refractivity contribution is 5.31. The van der Waals surface area contributed by atoms with Crippen LogP contribution in [0.3, 0.4) is 0 Å². The lowest BCUT2D eigenvalue weighted by Gasteiger charge is -2.27.